The van der Waals surface area contributed by atoms with E-state index in [1.807, 2.05) is 0 Å². The molecule has 2 aromatic heterocycles. The number of rotatable bonds is 7. The van der Waals surface area contributed by atoms with Crippen molar-refractivity contribution in [2.24, 2.45) is 5.16 Å². The van der Waals surface area contributed by atoms with Crippen LogP contribution in [0.3, 0.4) is 0 Å². The van der Waals surface area contributed by atoms with Gasteiger partial charge in [-0.25, -0.2) is 4.79 Å². The summed E-state index contributed by atoms with van der Waals surface area (Å²) in [5, 5.41) is 23.7. The molecule has 13 nitrogen and oxygen atoms in total. The number of hydrogen-bond acceptors (Lipinski definition) is 13. The molecule has 31 heavy (non-hydrogen) atoms. The topological polar surface area (TPSA) is 186 Å². The van der Waals surface area contributed by atoms with Gasteiger partial charge in [0.15, 0.2) is 9.47 Å². The van der Waals surface area contributed by atoms with Crippen LogP contribution in [0.4, 0.5) is 5.13 Å². The van der Waals surface area contributed by atoms with E-state index in [1.165, 1.54) is 35.1 Å². The Labute approximate surface area is 186 Å². The number of fused-ring (bicyclic) bond motifs is 1. The van der Waals surface area contributed by atoms with E-state index in [0.717, 1.165) is 11.5 Å². The molecule has 2 atom stereocenters. The number of carboxylic acid groups (broad SMARTS) is 1. The number of thioether (sulfide) groups is 1. The summed E-state index contributed by atoms with van der Waals surface area (Å²) in [6.45, 7) is 0. The summed E-state index contributed by atoms with van der Waals surface area (Å²) in [5.74, 6) is -2.52. The van der Waals surface area contributed by atoms with Crippen LogP contribution in [-0.2, 0) is 19.2 Å². The van der Waals surface area contributed by atoms with Gasteiger partial charge >= 0.3 is 5.97 Å². The average molecular weight is 483 g/mol. The van der Waals surface area contributed by atoms with E-state index >= 15 is 0 Å². The van der Waals surface area contributed by atoms with Gasteiger partial charge in [-0.1, -0.05) is 28.3 Å². The van der Waals surface area contributed by atoms with Gasteiger partial charge in [-0.2, -0.15) is 9.36 Å². The quantitative estimate of drug-likeness (QED) is 0.272. The highest BCUT2D eigenvalue weighted by Gasteiger charge is 2.54. The van der Waals surface area contributed by atoms with Gasteiger partial charge in [-0.05, 0) is 12.8 Å². The Balaban J connectivity index is 1.53. The molecular weight excluding hydrogens is 468 g/mol. The van der Waals surface area contributed by atoms with Crippen LogP contribution >= 0.6 is 34.6 Å². The van der Waals surface area contributed by atoms with Gasteiger partial charge in [0.05, 0.1) is 6.04 Å². The molecule has 0 spiro atoms. The monoisotopic (exact) mass is 482 g/mol. The number of nitrogens with zero attached hydrogens (tertiary/aromatic N) is 6. The number of aliphatic carboxylic acids is 1. The third-order valence-corrected chi connectivity index (χ3v) is 6.95. The minimum atomic E-state index is -1.22. The van der Waals surface area contributed by atoms with Crippen molar-refractivity contribution in [1.82, 2.24) is 29.8 Å². The van der Waals surface area contributed by atoms with E-state index in [9.17, 15) is 19.5 Å². The van der Waals surface area contributed by atoms with Crippen LogP contribution in [0.25, 0.3) is 0 Å². The molecule has 4 rings (SSSR count). The first kappa shape index (κ1) is 21.1. The van der Waals surface area contributed by atoms with Gasteiger partial charge in [0.2, 0.25) is 11.5 Å². The van der Waals surface area contributed by atoms with Gasteiger partial charge in [0, 0.05) is 16.4 Å². The molecule has 162 valence electrons. The van der Waals surface area contributed by atoms with Gasteiger partial charge in [0.25, 0.3) is 11.8 Å². The zero-order valence-electron chi connectivity index (χ0n) is 15.7. The van der Waals surface area contributed by atoms with Crippen LogP contribution in [-0.4, -0.2) is 72.3 Å². The molecule has 0 aliphatic carbocycles. The van der Waals surface area contributed by atoms with E-state index in [0.29, 0.717) is 22.1 Å². The van der Waals surface area contributed by atoms with Crippen molar-refractivity contribution in [3.8, 4) is 0 Å². The molecule has 4 N–H and O–H groups in total. The molecule has 1 fully saturated rings. The summed E-state index contributed by atoms with van der Waals surface area (Å²) >= 11 is 3.33. The number of nitrogens with one attached hydrogen (secondary N) is 1. The fourth-order valence-electron chi connectivity index (χ4n) is 3.26. The standard InChI is InChI=1S/C15H14N8O5S3/c1-28-21-8(10-19-14(16)31-22-10)11(24)18-7-5-2-3-6(30-15-20-17-4-29-15)9(13(26)27)23(5)12(7)25/h4-5,7H,2-3H2,1H3,(H,18,24)(H,26,27)(H2,16,19,22)/b21-8-/t5-,7?/m1/s1. The second kappa shape index (κ2) is 8.56. The number of β-lactam (4-membered cyclic amide) rings is 1. The smallest absolute Gasteiger partial charge is 0.353 e. The summed E-state index contributed by atoms with van der Waals surface area (Å²) in [5.41, 5.74) is 6.75. The lowest BCUT2D eigenvalue weighted by Gasteiger charge is -2.49. The number of nitrogens with two attached hydrogens (primary N) is 1. The summed E-state index contributed by atoms with van der Waals surface area (Å²) in [6, 6.07) is -1.41. The first-order chi connectivity index (χ1) is 14.9. The van der Waals surface area contributed by atoms with Crippen LogP contribution in [0.15, 0.2) is 25.6 Å². The molecule has 2 amide bonds. The van der Waals surface area contributed by atoms with Crippen LogP contribution in [0, 0.1) is 0 Å². The number of amides is 2. The molecule has 4 heterocycles. The van der Waals surface area contributed by atoms with E-state index in [4.69, 9.17) is 5.73 Å². The van der Waals surface area contributed by atoms with Crippen LogP contribution in [0.1, 0.15) is 18.7 Å². The number of nitrogen functional groups attached to an aromatic ring is 1. The zero-order chi connectivity index (χ0) is 22.1. The van der Waals surface area contributed by atoms with E-state index in [-0.39, 0.29) is 22.4 Å². The van der Waals surface area contributed by atoms with Crippen molar-refractivity contribution < 1.29 is 24.3 Å². The second-order valence-electron chi connectivity index (χ2n) is 6.23. The lowest BCUT2D eigenvalue weighted by molar-refractivity contribution is -0.155. The first-order valence-corrected chi connectivity index (χ1v) is 11.1. The first-order valence-electron chi connectivity index (χ1n) is 8.65. The SMILES string of the molecule is CO/N=C(\C(=O)NC1C(=O)N2C(C(=O)O)=C(Sc3nncs3)CC[C@H]12)c1nsc(N)n1. The lowest BCUT2D eigenvalue weighted by Crippen LogP contribution is -2.72. The van der Waals surface area contributed by atoms with Crippen molar-refractivity contribution in [2.75, 3.05) is 12.8 Å². The number of carboxylic acids is 1. The van der Waals surface area contributed by atoms with Crippen LogP contribution in [0.5, 0.6) is 0 Å². The fraction of sp³-hybridized carbons (Fsp3) is 0.333. The molecular formula is C15H14N8O5S3. The second-order valence-corrected chi connectivity index (χ2v) is 9.19. The van der Waals surface area contributed by atoms with Crippen molar-refractivity contribution in [1.29, 1.82) is 0 Å². The molecule has 2 aromatic rings. The van der Waals surface area contributed by atoms with Crippen molar-refractivity contribution in [2.45, 2.75) is 29.3 Å². The van der Waals surface area contributed by atoms with Gasteiger partial charge in [-0.3, -0.25) is 14.5 Å². The molecule has 0 bridgehead atoms. The molecule has 2 aliphatic heterocycles. The number of aromatic nitrogens is 4. The maximum absolute atomic E-state index is 12.8. The molecule has 16 heteroatoms. The Bertz CT molecular complexity index is 1100. The maximum atomic E-state index is 12.8. The Morgan fingerprint density at radius 2 is 2.29 bits per heavy atom. The molecule has 0 radical (unpaired) electrons. The van der Waals surface area contributed by atoms with Gasteiger partial charge in [-0.15, -0.1) is 10.2 Å². The Morgan fingerprint density at radius 3 is 2.90 bits per heavy atom. The largest absolute Gasteiger partial charge is 0.477 e. The molecule has 0 aromatic carbocycles. The summed E-state index contributed by atoms with van der Waals surface area (Å²) in [7, 11) is 1.25. The highest BCUT2D eigenvalue weighted by molar-refractivity contribution is 8.04. The number of allylic oxidation sites excluding steroid dienone is 1. The summed E-state index contributed by atoms with van der Waals surface area (Å²) in [4.78, 5) is 47.7. The minimum absolute atomic E-state index is 0.0315. The highest BCUT2D eigenvalue weighted by atomic mass is 32.2. The Kier molecular flexibility index (Phi) is 5.84. The number of oxime groups is 1. The fourth-order valence-corrected chi connectivity index (χ4v) is 5.39. The molecule has 1 unspecified atom stereocenters. The predicted octanol–water partition coefficient (Wildman–Crippen LogP) is -0.0998. The average Bonchev–Trinajstić information content (AvgIpc) is 3.41. The van der Waals surface area contributed by atoms with Crippen molar-refractivity contribution >= 4 is 63.3 Å². The third-order valence-electron chi connectivity index (χ3n) is 4.48. The van der Waals surface area contributed by atoms with Crippen LogP contribution < -0.4 is 11.1 Å². The van der Waals surface area contributed by atoms with Gasteiger partial charge < -0.3 is 21.0 Å². The third kappa shape index (κ3) is 3.96. The van der Waals surface area contributed by atoms with E-state index in [1.54, 1.807) is 5.51 Å². The van der Waals surface area contributed by atoms with Crippen molar-refractivity contribution in [3.05, 3.63) is 21.9 Å². The lowest BCUT2D eigenvalue weighted by atomic mass is 9.86. The molecule has 1 saturated heterocycles. The zero-order valence-corrected chi connectivity index (χ0v) is 18.2. The van der Waals surface area contributed by atoms with E-state index < -0.39 is 29.9 Å². The summed E-state index contributed by atoms with van der Waals surface area (Å²) in [6.07, 6.45) is 0.878. The van der Waals surface area contributed by atoms with Crippen LogP contribution in [0.2, 0.25) is 0 Å². The number of hydrogen-bond donors (Lipinski definition) is 3. The summed E-state index contributed by atoms with van der Waals surface area (Å²) < 4.78 is 4.51. The Hall–Kier alpha value is -3.11. The number of carbonyl (C=O) groups is 3. The van der Waals surface area contributed by atoms with Gasteiger partial charge in [0.1, 0.15) is 24.4 Å². The minimum Gasteiger partial charge on any atom is -0.477 e. The number of carbonyl (C=O) groups excluding carboxylic acids is 2. The molecule has 2 aliphatic rings. The van der Waals surface area contributed by atoms with Crippen molar-refractivity contribution in [3.63, 3.8) is 0 Å². The number of anilines is 1. The highest BCUT2D eigenvalue weighted by Crippen LogP contribution is 2.43. The maximum Gasteiger partial charge on any atom is 0.353 e. The molecule has 0 saturated carbocycles. The predicted molar refractivity (Wildman–Crippen MR) is 110 cm³/mol. The van der Waals surface area contributed by atoms with E-state index in [2.05, 4.69) is 34.9 Å². The Morgan fingerprint density at radius 1 is 1.48 bits per heavy atom. The normalized spacial score (nSPS) is 20.9.